The highest BCUT2D eigenvalue weighted by Gasteiger charge is 2.40. The number of carboxylic acids is 1. The van der Waals surface area contributed by atoms with Crippen LogP contribution >= 0.6 is 0 Å². The van der Waals surface area contributed by atoms with Gasteiger partial charge >= 0.3 is 5.97 Å². The van der Waals surface area contributed by atoms with Crippen LogP contribution in [0.25, 0.3) is 0 Å². The summed E-state index contributed by atoms with van der Waals surface area (Å²) in [6, 6.07) is 0. The summed E-state index contributed by atoms with van der Waals surface area (Å²) in [6.45, 7) is 14.2. The van der Waals surface area contributed by atoms with Gasteiger partial charge in [0.1, 0.15) is 0 Å². The van der Waals surface area contributed by atoms with Gasteiger partial charge in [-0.3, -0.25) is 0 Å². The molecule has 0 aromatic heterocycles. The summed E-state index contributed by atoms with van der Waals surface area (Å²) < 4.78 is 11.2. The Morgan fingerprint density at radius 1 is 1.29 bits per heavy atom. The van der Waals surface area contributed by atoms with E-state index in [1.807, 2.05) is 26.9 Å². The van der Waals surface area contributed by atoms with E-state index in [9.17, 15) is 4.79 Å². The van der Waals surface area contributed by atoms with E-state index >= 15 is 0 Å². The minimum atomic E-state index is -2.06. The molecular formula is C12H26O4Si. The van der Waals surface area contributed by atoms with Crippen LogP contribution in [0, 0.1) is 0 Å². The van der Waals surface area contributed by atoms with Crippen LogP contribution in [0.2, 0.25) is 18.1 Å². The van der Waals surface area contributed by atoms with E-state index < -0.39 is 20.4 Å². The maximum Gasteiger partial charge on any atom is 0.334 e. The fourth-order valence-electron chi connectivity index (χ4n) is 0.968. The summed E-state index contributed by atoms with van der Waals surface area (Å²) in [5, 5.41) is 9.13. The molecule has 0 spiro atoms. The van der Waals surface area contributed by atoms with Gasteiger partial charge in [-0.2, -0.15) is 0 Å². The number of ether oxygens (including phenoxy) is 1. The lowest BCUT2D eigenvalue weighted by atomic mass is 10.2. The number of aliphatic carboxylic acids is 1. The van der Waals surface area contributed by atoms with Crippen molar-refractivity contribution in [2.24, 2.45) is 0 Å². The van der Waals surface area contributed by atoms with Gasteiger partial charge in [-0.15, -0.1) is 0 Å². The van der Waals surface area contributed by atoms with E-state index in [4.69, 9.17) is 14.3 Å². The molecule has 1 atom stereocenters. The molecule has 0 aliphatic carbocycles. The Balaban J connectivity index is 4.60. The molecule has 0 bridgehead atoms. The summed E-state index contributed by atoms with van der Waals surface area (Å²) in [7, 11) is -2.06. The Morgan fingerprint density at radius 3 is 2.06 bits per heavy atom. The first-order valence-corrected chi connectivity index (χ1v) is 8.90. The average molecular weight is 262 g/mol. The van der Waals surface area contributed by atoms with Crippen LogP contribution in [0.1, 0.15) is 34.6 Å². The van der Waals surface area contributed by atoms with Gasteiger partial charge in [0.05, 0.1) is 12.7 Å². The lowest BCUT2D eigenvalue weighted by molar-refractivity contribution is -0.149. The first kappa shape index (κ1) is 16.6. The molecule has 17 heavy (non-hydrogen) atoms. The van der Waals surface area contributed by atoms with E-state index in [1.165, 1.54) is 0 Å². The largest absolute Gasteiger partial charge is 0.479 e. The van der Waals surface area contributed by atoms with E-state index in [0.717, 1.165) is 0 Å². The molecular weight excluding hydrogens is 236 g/mol. The summed E-state index contributed by atoms with van der Waals surface area (Å²) in [5.41, 5.74) is 0. The van der Waals surface area contributed by atoms with Gasteiger partial charge in [-0.05, 0) is 32.0 Å². The maximum atomic E-state index is 11.1. The first-order chi connectivity index (χ1) is 7.47. The fraction of sp³-hybridized carbons (Fsp3) is 0.917. The van der Waals surface area contributed by atoms with Gasteiger partial charge in [0.15, 0.2) is 14.4 Å². The van der Waals surface area contributed by atoms with Crippen LogP contribution in [0.5, 0.6) is 0 Å². The number of rotatable bonds is 6. The topological polar surface area (TPSA) is 55.8 Å². The smallest absolute Gasteiger partial charge is 0.334 e. The van der Waals surface area contributed by atoms with Crippen molar-refractivity contribution >= 4 is 14.3 Å². The molecule has 0 aliphatic heterocycles. The average Bonchev–Trinajstić information content (AvgIpc) is 2.09. The van der Waals surface area contributed by atoms with Crippen molar-refractivity contribution in [2.45, 2.75) is 65.0 Å². The standard InChI is InChI=1S/C12H26O4Si/c1-9(2)15-8-10(11(13)14)16-17(6,7)12(3,4)5/h9-10H,8H2,1-7H3,(H,13,14). The molecule has 1 N–H and O–H groups in total. The summed E-state index contributed by atoms with van der Waals surface area (Å²) in [4.78, 5) is 11.1. The lowest BCUT2D eigenvalue weighted by Crippen LogP contribution is -2.47. The Bertz CT molecular complexity index is 256. The van der Waals surface area contributed by atoms with Gasteiger partial charge in [0.2, 0.25) is 0 Å². The molecule has 4 nitrogen and oxygen atoms in total. The minimum Gasteiger partial charge on any atom is -0.479 e. The molecule has 1 unspecified atom stereocenters. The second kappa shape index (κ2) is 5.98. The molecule has 0 radical (unpaired) electrons. The van der Waals surface area contributed by atoms with Crippen molar-refractivity contribution in [1.29, 1.82) is 0 Å². The lowest BCUT2D eigenvalue weighted by Gasteiger charge is -2.38. The third kappa shape index (κ3) is 5.65. The van der Waals surface area contributed by atoms with E-state index in [1.54, 1.807) is 0 Å². The summed E-state index contributed by atoms with van der Waals surface area (Å²) in [6.07, 6.45) is -0.849. The first-order valence-electron chi connectivity index (χ1n) is 5.99. The van der Waals surface area contributed by atoms with Crippen molar-refractivity contribution in [3.8, 4) is 0 Å². The highest BCUT2D eigenvalue weighted by Crippen LogP contribution is 2.37. The van der Waals surface area contributed by atoms with Gasteiger partial charge in [-0.25, -0.2) is 4.79 Å². The molecule has 0 rings (SSSR count). The molecule has 102 valence electrons. The summed E-state index contributed by atoms with van der Waals surface area (Å²) >= 11 is 0. The van der Waals surface area contributed by atoms with Gasteiger partial charge in [0.25, 0.3) is 0 Å². The Morgan fingerprint density at radius 2 is 1.76 bits per heavy atom. The quantitative estimate of drug-likeness (QED) is 0.748. The van der Waals surface area contributed by atoms with Gasteiger partial charge < -0.3 is 14.3 Å². The van der Waals surface area contributed by atoms with Crippen LogP contribution in [-0.2, 0) is 14.0 Å². The molecule has 0 amide bonds. The molecule has 0 saturated carbocycles. The van der Waals surface area contributed by atoms with Crippen LogP contribution in [0.15, 0.2) is 0 Å². The Labute approximate surface area is 105 Å². The van der Waals surface area contributed by atoms with Crippen molar-refractivity contribution in [2.75, 3.05) is 6.61 Å². The van der Waals surface area contributed by atoms with E-state index in [2.05, 4.69) is 20.8 Å². The van der Waals surface area contributed by atoms with Gasteiger partial charge in [-0.1, -0.05) is 20.8 Å². The van der Waals surface area contributed by atoms with Crippen LogP contribution < -0.4 is 0 Å². The van der Waals surface area contributed by atoms with Crippen LogP contribution in [0.4, 0.5) is 0 Å². The molecule has 0 aromatic carbocycles. The molecule has 0 aromatic rings. The normalized spacial score (nSPS) is 15.1. The third-order valence-electron chi connectivity index (χ3n) is 3.10. The van der Waals surface area contributed by atoms with Gasteiger partial charge in [0, 0.05) is 0 Å². The Hall–Kier alpha value is -0.393. The molecule has 0 fully saturated rings. The highest BCUT2D eigenvalue weighted by molar-refractivity contribution is 6.74. The predicted octanol–water partition coefficient (Wildman–Crippen LogP) is 2.89. The Kier molecular flexibility index (Phi) is 5.84. The van der Waals surface area contributed by atoms with Crippen molar-refractivity contribution in [3.63, 3.8) is 0 Å². The zero-order valence-electron chi connectivity index (χ0n) is 12.0. The summed E-state index contributed by atoms with van der Waals surface area (Å²) in [5.74, 6) is -0.949. The van der Waals surface area contributed by atoms with Crippen molar-refractivity contribution in [3.05, 3.63) is 0 Å². The molecule has 0 heterocycles. The van der Waals surface area contributed by atoms with Crippen LogP contribution in [-0.4, -0.2) is 38.2 Å². The molecule has 0 aliphatic rings. The monoisotopic (exact) mass is 262 g/mol. The number of hydrogen-bond donors (Lipinski definition) is 1. The number of carboxylic acid groups (broad SMARTS) is 1. The van der Waals surface area contributed by atoms with Crippen LogP contribution in [0.3, 0.4) is 0 Å². The zero-order chi connectivity index (χ0) is 13.9. The maximum absolute atomic E-state index is 11.1. The molecule has 5 heteroatoms. The minimum absolute atomic E-state index is 0.00146. The fourth-order valence-corrected chi connectivity index (χ4v) is 2.20. The SMILES string of the molecule is CC(C)OCC(O[Si](C)(C)C(C)(C)C)C(=O)O. The molecule has 0 saturated heterocycles. The van der Waals surface area contributed by atoms with Crippen molar-refractivity contribution in [1.82, 2.24) is 0 Å². The number of hydrogen-bond acceptors (Lipinski definition) is 3. The van der Waals surface area contributed by atoms with Crippen molar-refractivity contribution < 1.29 is 19.1 Å². The third-order valence-corrected chi connectivity index (χ3v) is 7.59. The highest BCUT2D eigenvalue weighted by atomic mass is 28.4. The second-order valence-corrected chi connectivity index (χ2v) is 10.8. The second-order valence-electron chi connectivity index (χ2n) is 6.09. The zero-order valence-corrected chi connectivity index (χ0v) is 13.0. The van der Waals surface area contributed by atoms with E-state index in [0.29, 0.717) is 0 Å². The predicted molar refractivity (Wildman–Crippen MR) is 70.8 cm³/mol. The van der Waals surface area contributed by atoms with E-state index in [-0.39, 0.29) is 17.7 Å². The number of carbonyl (C=O) groups is 1.